The SMILES string of the molecule is CC.CO.FC(F)(F)c1cnc2cc(Br)ccc2c1. The lowest BCUT2D eigenvalue weighted by Crippen LogP contribution is -2.05. The van der Waals surface area contributed by atoms with E-state index < -0.39 is 11.7 Å². The molecular formula is C13H15BrF3NO. The van der Waals surface area contributed by atoms with Crippen LogP contribution in [-0.2, 0) is 6.18 Å². The van der Waals surface area contributed by atoms with Crippen LogP contribution in [-0.4, -0.2) is 17.2 Å². The highest BCUT2D eigenvalue weighted by molar-refractivity contribution is 9.10. The van der Waals surface area contributed by atoms with Crippen molar-refractivity contribution in [2.24, 2.45) is 0 Å². The van der Waals surface area contributed by atoms with Crippen LogP contribution in [0.4, 0.5) is 13.2 Å². The topological polar surface area (TPSA) is 33.1 Å². The molecule has 0 saturated heterocycles. The molecule has 2 aromatic rings. The van der Waals surface area contributed by atoms with Crippen molar-refractivity contribution in [3.63, 3.8) is 0 Å². The molecule has 0 bridgehead atoms. The van der Waals surface area contributed by atoms with Crippen LogP contribution in [0.25, 0.3) is 10.9 Å². The van der Waals surface area contributed by atoms with E-state index in [4.69, 9.17) is 5.11 Å². The molecule has 0 radical (unpaired) electrons. The third kappa shape index (κ3) is 5.16. The zero-order valence-electron chi connectivity index (χ0n) is 10.8. The van der Waals surface area contributed by atoms with Gasteiger partial charge in [-0.25, -0.2) is 0 Å². The number of aliphatic hydroxyl groups is 1. The summed E-state index contributed by atoms with van der Waals surface area (Å²) in [5.41, 5.74) is -0.185. The molecular weight excluding hydrogens is 323 g/mol. The van der Waals surface area contributed by atoms with E-state index in [1.807, 2.05) is 13.8 Å². The Hall–Kier alpha value is -1.14. The minimum atomic E-state index is -4.34. The predicted octanol–water partition coefficient (Wildman–Crippen LogP) is 4.65. The summed E-state index contributed by atoms with van der Waals surface area (Å²) in [6.07, 6.45) is -3.50. The first kappa shape index (κ1) is 17.9. The summed E-state index contributed by atoms with van der Waals surface area (Å²) in [7, 11) is 1.00. The van der Waals surface area contributed by atoms with Gasteiger partial charge in [0.25, 0.3) is 0 Å². The van der Waals surface area contributed by atoms with Crippen molar-refractivity contribution in [1.82, 2.24) is 4.98 Å². The quantitative estimate of drug-likeness (QED) is 0.758. The van der Waals surface area contributed by atoms with Gasteiger partial charge in [-0.15, -0.1) is 0 Å². The fraction of sp³-hybridized carbons (Fsp3) is 0.308. The lowest BCUT2D eigenvalue weighted by molar-refractivity contribution is -0.137. The molecule has 0 fully saturated rings. The van der Waals surface area contributed by atoms with Gasteiger partial charge in [0.15, 0.2) is 0 Å². The summed E-state index contributed by atoms with van der Waals surface area (Å²) >= 11 is 3.23. The Kier molecular flexibility index (Phi) is 7.63. The maximum atomic E-state index is 12.3. The van der Waals surface area contributed by atoms with E-state index in [2.05, 4.69) is 20.9 Å². The number of pyridine rings is 1. The van der Waals surface area contributed by atoms with Gasteiger partial charge in [-0.05, 0) is 18.2 Å². The molecule has 0 aliphatic carbocycles. The van der Waals surface area contributed by atoms with E-state index >= 15 is 0 Å². The Balaban J connectivity index is 0.000000741. The number of fused-ring (bicyclic) bond motifs is 1. The molecule has 0 aliphatic rings. The molecule has 2 nitrogen and oxygen atoms in total. The van der Waals surface area contributed by atoms with Gasteiger partial charge in [-0.3, -0.25) is 4.98 Å². The van der Waals surface area contributed by atoms with Gasteiger partial charge in [-0.1, -0.05) is 35.8 Å². The van der Waals surface area contributed by atoms with Crippen molar-refractivity contribution in [1.29, 1.82) is 0 Å². The first-order valence-electron chi connectivity index (χ1n) is 5.54. The normalized spacial score (nSPS) is 10.1. The van der Waals surface area contributed by atoms with Crippen molar-refractivity contribution >= 4 is 26.8 Å². The highest BCUT2D eigenvalue weighted by Crippen LogP contribution is 2.30. The van der Waals surface area contributed by atoms with E-state index in [9.17, 15) is 13.2 Å². The van der Waals surface area contributed by atoms with E-state index in [-0.39, 0.29) is 0 Å². The summed E-state index contributed by atoms with van der Waals surface area (Å²) in [5, 5.41) is 7.48. The molecule has 6 heteroatoms. The van der Waals surface area contributed by atoms with Gasteiger partial charge in [0.05, 0.1) is 11.1 Å². The first-order chi connectivity index (χ1) is 8.97. The van der Waals surface area contributed by atoms with E-state index in [0.29, 0.717) is 10.9 Å². The zero-order valence-corrected chi connectivity index (χ0v) is 12.4. The lowest BCUT2D eigenvalue weighted by atomic mass is 10.1. The maximum Gasteiger partial charge on any atom is 0.417 e. The van der Waals surface area contributed by atoms with Crippen LogP contribution in [0.2, 0.25) is 0 Å². The minimum Gasteiger partial charge on any atom is -0.400 e. The summed E-state index contributed by atoms with van der Waals surface area (Å²) in [6, 6.07) is 6.05. The number of halogens is 4. The Morgan fingerprint density at radius 3 is 2.21 bits per heavy atom. The second-order valence-electron chi connectivity index (χ2n) is 3.06. The molecule has 19 heavy (non-hydrogen) atoms. The van der Waals surface area contributed by atoms with Gasteiger partial charge in [0.1, 0.15) is 0 Å². The Bertz CT molecular complexity index is 515. The summed E-state index contributed by atoms with van der Waals surface area (Å²) in [6.45, 7) is 4.00. The summed E-state index contributed by atoms with van der Waals surface area (Å²) in [5.74, 6) is 0. The van der Waals surface area contributed by atoms with E-state index in [1.54, 1.807) is 18.2 Å². The third-order valence-corrected chi connectivity index (χ3v) is 2.47. The van der Waals surface area contributed by atoms with Crippen molar-refractivity contribution in [2.75, 3.05) is 7.11 Å². The van der Waals surface area contributed by atoms with E-state index in [0.717, 1.165) is 23.8 Å². The molecule has 0 atom stereocenters. The highest BCUT2D eigenvalue weighted by Gasteiger charge is 2.30. The monoisotopic (exact) mass is 337 g/mol. The van der Waals surface area contributed by atoms with Gasteiger partial charge in [-0.2, -0.15) is 13.2 Å². The number of nitrogens with zero attached hydrogens (tertiary/aromatic N) is 1. The Morgan fingerprint density at radius 2 is 1.68 bits per heavy atom. The molecule has 1 aromatic carbocycles. The second kappa shape index (κ2) is 8.12. The minimum absolute atomic E-state index is 0.480. The molecule has 2 rings (SSSR count). The molecule has 0 saturated carbocycles. The smallest absolute Gasteiger partial charge is 0.400 e. The summed E-state index contributed by atoms with van der Waals surface area (Å²) in [4.78, 5) is 3.76. The molecule has 0 aliphatic heterocycles. The number of rotatable bonds is 0. The second-order valence-corrected chi connectivity index (χ2v) is 3.97. The molecule has 0 unspecified atom stereocenters. The van der Waals surface area contributed by atoms with Crippen LogP contribution in [0, 0.1) is 0 Å². The highest BCUT2D eigenvalue weighted by atomic mass is 79.9. The van der Waals surface area contributed by atoms with Crippen LogP contribution in [0.5, 0.6) is 0 Å². The van der Waals surface area contributed by atoms with Gasteiger partial charge < -0.3 is 5.11 Å². The molecule has 1 heterocycles. The lowest BCUT2D eigenvalue weighted by Gasteiger charge is -2.06. The van der Waals surface area contributed by atoms with Crippen LogP contribution in [0.1, 0.15) is 19.4 Å². The first-order valence-corrected chi connectivity index (χ1v) is 6.33. The number of hydrogen-bond acceptors (Lipinski definition) is 2. The Morgan fingerprint density at radius 1 is 1.11 bits per heavy atom. The van der Waals surface area contributed by atoms with Crippen LogP contribution in [0.15, 0.2) is 34.9 Å². The van der Waals surface area contributed by atoms with Gasteiger partial charge >= 0.3 is 6.18 Å². The molecule has 0 spiro atoms. The molecule has 106 valence electrons. The van der Waals surface area contributed by atoms with Crippen molar-refractivity contribution in [3.05, 3.63) is 40.5 Å². The average molecular weight is 338 g/mol. The maximum absolute atomic E-state index is 12.3. The van der Waals surface area contributed by atoms with E-state index in [1.165, 1.54) is 0 Å². The van der Waals surface area contributed by atoms with Gasteiger partial charge in [0, 0.05) is 23.2 Å². The third-order valence-electron chi connectivity index (χ3n) is 1.97. The van der Waals surface area contributed by atoms with Crippen molar-refractivity contribution in [2.45, 2.75) is 20.0 Å². The fourth-order valence-electron chi connectivity index (χ4n) is 1.25. The fourth-order valence-corrected chi connectivity index (χ4v) is 1.60. The predicted molar refractivity (Wildman–Crippen MR) is 73.9 cm³/mol. The van der Waals surface area contributed by atoms with Gasteiger partial charge in [0.2, 0.25) is 0 Å². The largest absolute Gasteiger partial charge is 0.417 e. The summed E-state index contributed by atoms with van der Waals surface area (Å²) < 4.78 is 37.8. The average Bonchev–Trinajstić information content (AvgIpc) is 2.41. The number of hydrogen-bond donors (Lipinski definition) is 1. The van der Waals surface area contributed by atoms with Crippen LogP contribution < -0.4 is 0 Å². The Labute approximate surface area is 118 Å². The number of benzene rings is 1. The van der Waals surface area contributed by atoms with Crippen LogP contribution in [0.3, 0.4) is 0 Å². The number of aromatic nitrogens is 1. The van der Waals surface area contributed by atoms with Crippen molar-refractivity contribution in [3.8, 4) is 0 Å². The zero-order chi connectivity index (χ0) is 15.1. The number of aliphatic hydroxyl groups excluding tert-OH is 1. The molecule has 1 N–H and O–H groups in total. The standard InChI is InChI=1S/C10H5BrF3N.C2H6.CH4O/c11-8-2-1-6-3-7(10(12,13)14)5-15-9(6)4-8;2*1-2/h1-5H;1-2H3;2H,1H3. The number of alkyl halides is 3. The van der Waals surface area contributed by atoms with Crippen molar-refractivity contribution < 1.29 is 18.3 Å². The molecule has 0 amide bonds. The molecule has 1 aromatic heterocycles. The van der Waals surface area contributed by atoms with Crippen LogP contribution >= 0.6 is 15.9 Å².